The van der Waals surface area contributed by atoms with Crippen LogP contribution in [0.25, 0.3) is 0 Å². The zero-order chi connectivity index (χ0) is 12.1. The average Bonchev–Trinajstić information content (AvgIpc) is 3.15. The van der Waals surface area contributed by atoms with Crippen molar-refractivity contribution in [2.24, 2.45) is 5.92 Å². The van der Waals surface area contributed by atoms with Crippen LogP contribution in [0.3, 0.4) is 0 Å². The van der Waals surface area contributed by atoms with Crippen LogP contribution >= 0.6 is 0 Å². The number of ether oxygens (including phenoxy) is 1. The van der Waals surface area contributed by atoms with Crippen LogP contribution in [0.15, 0.2) is 0 Å². The number of hydrogen-bond acceptors (Lipinski definition) is 4. The molecule has 1 atom stereocenters. The molecular formula is C13H23N3O. The summed E-state index contributed by atoms with van der Waals surface area (Å²) in [6.07, 6.45) is 2.62. The predicted octanol–water partition coefficient (Wildman–Crippen LogP) is 0.943. The highest BCUT2D eigenvalue weighted by atomic mass is 16.5. The molecule has 0 N–H and O–H groups in total. The molecule has 0 bridgehead atoms. The topological polar surface area (TPSA) is 39.5 Å². The van der Waals surface area contributed by atoms with E-state index < -0.39 is 0 Å². The minimum absolute atomic E-state index is 0.272. The fourth-order valence-electron chi connectivity index (χ4n) is 2.26. The maximum atomic E-state index is 8.60. The summed E-state index contributed by atoms with van der Waals surface area (Å²) >= 11 is 0. The van der Waals surface area contributed by atoms with Crippen molar-refractivity contribution in [2.45, 2.75) is 25.9 Å². The van der Waals surface area contributed by atoms with E-state index in [1.807, 2.05) is 0 Å². The van der Waals surface area contributed by atoms with E-state index >= 15 is 0 Å². The predicted molar refractivity (Wildman–Crippen MR) is 66.6 cm³/mol. The van der Waals surface area contributed by atoms with E-state index in [-0.39, 0.29) is 6.10 Å². The molecule has 2 rings (SSSR count). The molecule has 4 heteroatoms. The Morgan fingerprint density at radius 3 is 2.47 bits per heavy atom. The van der Waals surface area contributed by atoms with Crippen molar-refractivity contribution >= 4 is 0 Å². The summed E-state index contributed by atoms with van der Waals surface area (Å²) in [5.74, 6) is 1.00. The molecule has 2 fully saturated rings. The lowest BCUT2D eigenvalue weighted by Crippen LogP contribution is -2.47. The Morgan fingerprint density at radius 2 is 1.88 bits per heavy atom. The summed E-state index contributed by atoms with van der Waals surface area (Å²) in [7, 11) is 0. The van der Waals surface area contributed by atoms with Gasteiger partial charge in [-0.25, -0.2) is 0 Å². The van der Waals surface area contributed by atoms with Crippen LogP contribution in [0.2, 0.25) is 0 Å². The molecule has 0 radical (unpaired) electrons. The standard InChI is InChI=1S/C13H23N3O/c1-12(10-14)17-9-8-15-4-6-16(7-5-15)11-13-2-3-13/h12-13H,2-9,11H2,1H3. The highest BCUT2D eigenvalue weighted by Crippen LogP contribution is 2.29. The van der Waals surface area contributed by atoms with Crippen LogP contribution in [0.1, 0.15) is 19.8 Å². The monoisotopic (exact) mass is 237 g/mol. The number of rotatable bonds is 6. The molecule has 1 unspecified atom stereocenters. The van der Waals surface area contributed by atoms with Crippen molar-refractivity contribution in [3.05, 3.63) is 0 Å². The third-order valence-corrected chi connectivity index (χ3v) is 3.64. The highest BCUT2D eigenvalue weighted by Gasteiger charge is 2.26. The van der Waals surface area contributed by atoms with Crippen molar-refractivity contribution in [3.8, 4) is 6.07 Å². The van der Waals surface area contributed by atoms with Crippen LogP contribution in [-0.4, -0.2) is 61.8 Å². The Kier molecular flexibility index (Phi) is 4.78. The van der Waals surface area contributed by atoms with Crippen molar-refractivity contribution < 1.29 is 4.74 Å². The van der Waals surface area contributed by atoms with Gasteiger partial charge in [-0.05, 0) is 25.7 Å². The van der Waals surface area contributed by atoms with Crippen LogP contribution in [0.5, 0.6) is 0 Å². The van der Waals surface area contributed by atoms with E-state index in [1.165, 1.54) is 32.5 Å². The fourth-order valence-corrected chi connectivity index (χ4v) is 2.26. The van der Waals surface area contributed by atoms with E-state index in [0.29, 0.717) is 6.61 Å². The van der Waals surface area contributed by atoms with Gasteiger partial charge in [-0.3, -0.25) is 4.90 Å². The third kappa shape index (κ3) is 4.63. The first-order valence-electron chi connectivity index (χ1n) is 6.74. The first-order valence-corrected chi connectivity index (χ1v) is 6.74. The third-order valence-electron chi connectivity index (χ3n) is 3.64. The molecule has 0 amide bonds. The van der Waals surface area contributed by atoms with Crippen LogP contribution < -0.4 is 0 Å². The number of nitriles is 1. The number of piperazine rings is 1. The van der Waals surface area contributed by atoms with Gasteiger partial charge in [-0.1, -0.05) is 0 Å². The summed E-state index contributed by atoms with van der Waals surface area (Å²) in [6, 6.07) is 2.09. The van der Waals surface area contributed by atoms with E-state index in [1.54, 1.807) is 6.92 Å². The minimum atomic E-state index is -0.272. The van der Waals surface area contributed by atoms with Crippen LogP contribution in [0.4, 0.5) is 0 Å². The lowest BCUT2D eigenvalue weighted by Gasteiger charge is -2.34. The first kappa shape index (κ1) is 12.8. The van der Waals surface area contributed by atoms with Gasteiger partial charge in [0.15, 0.2) is 0 Å². The van der Waals surface area contributed by atoms with Gasteiger partial charge in [0.05, 0.1) is 12.7 Å². The van der Waals surface area contributed by atoms with Crippen molar-refractivity contribution in [1.29, 1.82) is 5.26 Å². The Morgan fingerprint density at radius 1 is 1.24 bits per heavy atom. The molecule has 0 spiro atoms. The highest BCUT2D eigenvalue weighted by molar-refractivity contribution is 4.81. The van der Waals surface area contributed by atoms with Gasteiger partial charge in [-0.15, -0.1) is 0 Å². The van der Waals surface area contributed by atoms with Crippen molar-refractivity contribution in [3.63, 3.8) is 0 Å². The second-order valence-electron chi connectivity index (χ2n) is 5.23. The molecule has 0 aromatic rings. The summed E-state index contributed by atoms with van der Waals surface area (Å²) in [5.41, 5.74) is 0. The second-order valence-corrected chi connectivity index (χ2v) is 5.23. The molecule has 1 heterocycles. The molecule has 1 aliphatic carbocycles. The molecule has 0 aromatic carbocycles. The Labute approximate surface area is 104 Å². The summed E-state index contributed by atoms with van der Waals surface area (Å²) in [4.78, 5) is 5.03. The van der Waals surface area contributed by atoms with E-state index in [4.69, 9.17) is 10.00 Å². The summed E-state index contributed by atoms with van der Waals surface area (Å²) < 4.78 is 5.38. The zero-order valence-corrected chi connectivity index (χ0v) is 10.8. The first-order chi connectivity index (χ1) is 8.28. The Balaban J connectivity index is 1.54. The van der Waals surface area contributed by atoms with Crippen LogP contribution in [0, 0.1) is 17.2 Å². The quantitative estimate of drug-likeness (QED) is 0.689. The summed E-state index contributed by atoms with van der Waals surface area (Å²) in [6.45, 7) is 9.45. The largest absolute Gasteiger partial charge is 0.362 e. The lowest BCUT2D eigenvalue weighted by atomic mass is 10.3. The molecule has 2 aliphatic rings. The van der Waals surface area contributed by atoms with Crippen LogP contribution in [-0.2, 0) is 4.74 Å². The fraction of sp³-hybridized carbons (Fsp3) is 0.923. The number of nitrogens with zero attached hydrogens (tertiary/aromatic N) is 3. The maximum absolute atomic E-state index is 8.60. The van der Waals surface area contributed by atoms with Gasteiger partial charge in [0.1, 0.15) is 6.10 Å². The molecule has 1 aliphatic heterocycles. The molecular weight excluding hydrogens is 214 g/mol. The summed E-state index contributed by atoms with van der Waals surface area (Å²) in [5, 5.41) is 8.60. The Hall–Kier alpha value is -0.630. The lowest BCUT2D eigenvalue weighted by molar-refractivity contribution is 0.0581. The van der Waals surface area contributed by atoms with Gasteiger partial charge >= 0.3 is 0 Å². The molecule has 1 saturated heterocycles. The van der Waals surface area contributed by atoms with E-state index in [2.05, 4.69) is 15.9 Å². The average molecular weight is 237 g/mol. The van der Waals surface area contributed by atoms with Crippen molar-refractivity contribution in [2.75, 3.05) is 45.9 Å². The molecule has 17 heavy (non-hydrogen) atoms. The SMILES string of the molecule is CC(C#N)OCCN1CCN(CC2CC2)CC1. The van der Waals surface area contributed by atoms with Gasteiger partial charge < -0.3 is 9.64 Å². The smallest absolute Gasteiger partial charge is 0.141 e. The van der Waals surface area contributed by atoms with E-state index in [9.17, 15) is 0 Å². The molecule has 0 aromatic heterocycles. The van der Waals surface area contributed by atoms with Gasteiger partial charge in [-0.2, -0.15) is 5.26 Å². The normalized spacial score (nSPS) is 24.5. The number of hydrogen-bond donors (Lipinski definition) is 0. The Bertz CT molecular complexity index is 264. The second kappa shape index (κ2) is 6.34. The van der Waals surface area contributed by atoms with Gasteiger partial charge in [0, 0.05) is 39.3 Å². The zero-order valence-electron chi connectivity index (χ0n) is 10.8. The molecule has 1 saturated carbocycles. The van der Waals surface area contributed by atoms with E-state index in [0.717, 1.165) is 25.6 Å². The van der Waals surface area contributed by atoms with Crippen molar-refractivity contribution in [1.82, 2.24) is 9.80 Å². The van der Waals surface area contributed by atoms with Gasteiger partial charge in [0.25, 0.3) is 0 Å². The molecule has 96 valence electrons. The maximum Gasteiger partial charge on any atom is 0.141 e. The molecule has 4 nitrogen and oxygen atoms in total. The minimum Gasteiger partial charge on any atom is -0.362 e. The van der Waals surface area contributed by atoms with Gasteiger partial charge in [0.2, 0.25) is 0 Å².